The highest BCUT2D eigenvalue weighted by Crippen LogP contribution is 2.24. The number of rotatable bonds is 7. The van der Waals surface area contributed by atoms with Gasteiger partial charge in [-0.3, -0.25) is 0 Å². The Morgan fingerprint density at radius 3 is 2.28 bits per heavy atom. The van der Waals surface area contributed by atoms with Gasteiger partial charge < -0.3 is 10.1 Å². The molecule has 1 aromatic heterocycles. The first kappa shape index (κ1) is 19.0. The van der Waals surface area contributed by atoms with Gasteiger partial charge in [-0.2, -0.15) is 5.10 Å². The van der Waals surface area contributed by atoms with E-state index in [4.69, 9.17) is 9.84 Å². The molecule has 1 N–H and O–H groups in total. The van der Waals surface area contributed by atoms with Crippen LogP contribution in [0.4, 0.5) is 0 Å². The molecular weight excluding hydrogens is 358 g/mol. The monoisotopic (exact) mass is 383 g/mol. The van der Waals surface area contributed by atoms with E-state index in [2.05, 4.69) is 54.8 Å². The van der Waals surface area contributed by atoms with Crippen molar-refractivity contribution in [2.75, 3.05) is 7.11 Å². The van der Waals surface area contributed by atoms with Crippen LogP contribution in [0.15, 0.2) is 85.1 Å². The molecule has 0 spiro atoms. The molecule has 4 heteroatoms. The van der Waals surface area contributed by atoms with Gasteiger partial charge in [-0.15, -0.1) is 0 Å². The van der Waals surface area contributed by atoms with E-state index in [1.807, 2.05) is 47.1 Å². The van der Waals surface area contributed by atoms with Crippen molar-refractivity contribution in [3.05, 3.63) is 102 Å². The number of hydrogen-bond donors (Lipinski definition) is 1. The van der Waals surface area contributed by atoms with E-state index in [-0.39, 0.29) is 0 Å². The number of aromatic nitrogens is 2. The number of nitrogens with zero attached hydrogens (tertiary/aromatic N) is 2. The number of aryl methyl sites for hydroxylation is 1. The number of benzene rings is 3. The van der Waals surface area contributed by atoms with E-state index < -0.39 is 0 Å². The molecule has 29 heavy (non-hydrogen) atoms. The van der Waals surface area contributed by atoms with E-state index in [0.717, 1.165) is 40.4 Å². The van der Waals surface area contributed by atoms with Crippen molar-refractivity contribution < 1.29 is 4.74 Å². The molecule has 0 aliphatic rings. The van der Waals surface area contributed by atoms with Crippen LogP contribution in [0.2, 0.25) is 0 Å². The van der Waals surface area contributed by atoms with Gasteiger partial charge in [0.15, 0.2) is 0 Å². The predicted molar refractivity (Wildman–Crippen MR) is 117 cm³/mol. The molecule has 4 aromatic rings. The first-order valence-corrected chi connectivity index (χ1v) is 9.78. The second kappa shape index (κ2) is 8.76. The molecule has 4 rings (SSSR count). The van der Waals surface area contributed by atoms with Gasteiger partial charge in [0, 0.05) is 36.0 Å². The summed E-state index contributed by atoms with van der Waals surface area (Å²) in [5.41, 5.74) is 6.71. The Bertz CT molecular complexity index is 1070. The lowest BCUT2D eigenvalue weighted by molar-refractivity contribution is 0.407. The normalized spacial score (nSPS) is 10.8. The lowest BCUT2D eigenvalue weighted by Crippen LogP contribution is -2.13. The summed E-state index contributed by atoms with van der Waals surface area (Å²) in [6.07, 6.45) is 2.11. The maximum atomic E-state index is 5.50. The lowest BCUT2D eigenvalue weighted by Gasteiger charge is -2.11. The molecule has 0 aliphatic carbocycles. The van der Waals surface area contributed by atoms with Gasteiger partial charge in [-0.25, -0.2) is 4.68 Å². The smallest absolute Gasteiger partial charge is 0.123 e. The highest BCUT2D eigenvalue weighted by Gasteiger charge is 2.12. The van der Waals surface area contributed by atoms with Crippen molar-refractivity contribution in [1.82, 2.24) is 15.1 Å². The zero-order valence-corrected chi connectivity index (χ0v) is 16.8. The van der Waals surface area contributed by atoms with E-state index in [1.165, 1.54) is 5.56 Å². The fourth-order valence-electron chi connectivity index (χ4n) is 3.47. The number of para-hydroxylation sites is 1. The molecule has 0 fully saturated rings. The number of methoxy groups -OCH3 is 1. The zero-order valence-electron chi connectivity index (χ0n) is 16.8. The second-order valence-corrected chi connectivity index (χ2v) is 7.07. The molecule has 1 heterocycles. The first-order valence-electron chi connectivity index (χ1n) is 9.78. The summed E-state index contributed by atoms with van der Waals surface area (Å²) in [7, 11) is 1.71. The van der Waals surface area contributed by atoms with Crippen LogP contribution in [-0.4, -0.2) is 16.9 Å². The Morgan fingerprint density at radius 2 is 1.55 bits per heavy atom. The fraction of sp³-hybridized carbons (Fsp3) is 0.160. The molecule has 0 radical (unpaired) electrons. The molecule has 4 nitrogen and oxygen atoms in total. The van der Waals surface area contributed by atoms with E-state index in [0.29, 0.717) is 6.54 Å². The van der Waals surface area contributed by atoms with Gasteiger partial charge in [-0.1, -0.05) is 66.2 Å². The molecule has 146 valence electrons. The largest absolute Gasteiger partial charge is 0.496 e. The fourth-order valence-corrected chi connectivity index (χ4v) is 3.47. The van der Waals surface area contributed by atoms with Gasteiger partial charge in [-0.05, 0) is 25.1 Å². The molecule has 0 atom stereocenters. The molecule has 0 saturated carbocycles. The molecular formula is C25H25N3O. The average Bonchev–Trinajstić information content (AvgIpc) is 3.19. The van der Waals surface area contributed by atoms with Gasteiger partial charge in [0.25, 0.3) is 0 Å². The lowest BCUT2D eigenvalue weighted by atomic mass is 10.1. The van der Waals surface area contributed by atoms with Crippen molar-refractivity contribution in [3.8, 4) is 22.7 Å². The minimum Gasteiger partial charge on any atom is -0.496 e. The van der Waals surface area contributed by atoms with Crippen LogP contribution in [0.1, 0.15) is 16.7 Å². The van der Waals surface area contributed by atoms with E-state index >= 15 is 0 Å². The van der Waals surface area contributed by atoms with Gasteiger partial charge in [0.1, 0.15) is 5.75 Å². The summed E-state index contributed by atoms with van der Waals surface area (Å²) in [6, 6.07) is 26.8. The number of ether oxygens (including phenoxy) is 1. The summed E-state index contributed by atoms with van der Waals surface area (Å²) < 4.78 is 7.45. The van der Waals surface area contributed by atoms with Crippen LogP contribution in [0.3, 0.4) is 0 Å². The Labute approximate surface area is 171 Å². The molecule has 0 saturated heterocycles. The SMILES string of the molecule is COc1ccc(C)cc1CNCc1cn(-c2ccccc2)nc1-c1ccccc1. The summed E-state index contributed by atoms with van der Waals surface area (Å²) in [6.45, 7) is 3.55. The third-order valence-corrected chi connectivity index (χ3v) is 4.92. The highest BCUT2D eigenvalue weighted by molar-refractivity contribution is 5.63. The van der Waals surface area contributed by atoms with Gasteiger partial charge >= 0.3 is 0 Å². The van der Waals surface area contributed by atoms with Crippen LogP contribution in [0.5, 0.6) is 5.75 Å². The third-order valence-electron chi connectivity index (χ3n) is 4.92. The standard InChI is InChI=1S/C25H25N3O/c1-19-13-14-24(29-2)21(15-19)16-26-17-22-18-28(23-11-7-4-8-12-23)27-25(22)20-9-5-3-6-10-20/h3-15,18,26H,16-17H2,1-2H3. The van der Waals surface area contributed by atoms with Crippen LogP contribution in [0, 0.1) is 6.92 Å². The summed E-state index contributed by atoms with van der Waals surface area (Å²) in [5.74, 6) is 0.909. The molecule has 0 amide bonds. The molecule has 0 unspecified atom stereocenters. The Kier molecular flexibility index (Phi) is 5.73. The summed E-state index contributed by atoms with van der Waals surface area (Å²) in [4.78, 5) is 0. The zero-order chi connectivity index (χ0) is 20.1. The maximum absolute atomic E-state index is 5.50. The number of nitrogens with one attached hydrogen (secondary N) is 1. The van der Waals surface area contributed by atoms with Crippen molar-refractivity contribution in [3.63, 3.8) is 0 Å². The summed E-state index contributed by atoms with van der Waals surface area (Å²) >= 11 is 0. The maximum Gasteiger partial charge on any atom is 0.123 e. The van der Waals surface area contributed by atoms with Gasteiger partial charge in [0.2, 0.25) is 0 Å². The van der Waals surface area contributed by atoms with Crippen LogP contribution in [0.25, 0.3) is 16.9 Å². The van der Waals surface area contributed by atoms with Crippen molar-refractivity contribution in [2.45, 2.75) is 20.0 Å². The van der Waals surface area contributed by atoms with Crippen LogP contribution >= 0.6 is 0 Å². The van der Waals surface area contributed by atoms with E-state index in [9.17, 15) is 0 Å². The van der Waals surface area contributed by atoms with Crippen molar-refractivity contribution in [2.24, 2.45) is 0 Å². The van der Waals surface area contributed by atoms with Crippen molar-refractivity contribution in [1.29, 1.82) is 0 Å². The Balaban J connectivity index is 1.59. The first-order chi connectivity index (χ1) is 14.2. The molecule has 0 bridgehead atoms. The van der Waals surface area contributed by atoms with Crippen LogP contribution < -0.4 is 10.1 Å². The van der Waals surface area contributed by atoms with Gasteiger partial charge in [0.05, 0.1) is 18.5 Å². The second-order valence-electron chi connectivity index (χ2n) is 7.07. The number of hydrogen-bond acceptors (Lipinski definition) is 3. The summed E-state index contributed by atoms with van der Waals surface area (Å²) in [5, 5.41) is 8.44. The predicted octanol–water partition coefficient (Wildman–Crippen LogP) is 5.15. The van der Waals surface area contributed by atoms with Crippen LogP contribution in [-0.2, 0) is 13.1 Å². The molecule has 0 aliphatic heterocycles. The van der Waals surface area contributed by atoms with Crippen molar-refractivity contribution >= 4 is 0 Å². The highest BCUT2D eigenvalue weighted by atomic mass is 16.5. The molecule has 3 aromatic carbocycles. The Hall–Kier alpha value is -3.37. The quantitative estimate of drug-likeness (QED) is 0.480. The third kappa shape index (κ3) is 4.39. The minimum absolute atomic E-state index is 0.716. The topological polar surface area (TPSA) is 39.1 Å². The minimum atomic E-state index is 0.716. The average molecular weight is 383 g/mol. The Morgan fingerprint density at radius 1 is 0.862 bits per heavy atom. The van der Waals surface area contributed by atoms with E-state index in [1.54, 1.807) is 7.11 Å².